The smallest absolute Gasteiger partial charge is 0.277 e. The van der Waals surface area contributed by atoms with Gasteiger partial charge in [0.05, 0.1) is 17.9 Å². The highest BCUT2D eigenvalue weighted by Gasteiger charge is 2.38. The Balaban J connectivity index is 1.38. The minimum absolute atomic E-state index is 0.200. The maximum Gasteiger partial charge on any atom is 0.277 e. The fourth-order valence-electron chi connectivity index (χ4n) is 4.08. The highest BCUT2D eigenvalue weighted by atomic mass is 32.2. The van der Waals surface area contributed by atoms with Crippen LogP contribution in [0.3, 0.4) is 0 Å². The van der Waals surface area contributed by atoms with Gasteiger partial charge in [-0.05, 0) is 63.5 Å². The van der Waals surface area contributed by atoms with Gasteiger partial charge in [0, 0.05) is 12.1 Å². The Morgan fingerprint density at radius 3 is 2.52 bits per heavy atom. The van der Waals surface area contributed by atoms with Crippen LogP contribution in [0.25, 0.3) is 11.5 Å². The van der Waals surface area contributed by atoms with Crippen molar-refractivity contribution < 1.29 is 13.9 Å². The summed E-state index contributed by atoms with van der Waals surface area (Å²) in [7, 11) is 0. The number of thioether (sulfide) groups is 1. The molecule has 156 valence electrons. The number of hydrogen-bond donors (Lipinski definition) is 0. The molecular weight excluding hydrogens is 386 g/mol. The van der Waals surface area contributed by atoms with Crippen molar-refractivity contribution in [1.29, 1.82) is 0 Å². The van der Waals surface area contributed by atoms with Crippen LogP contribution in [0.1, 0.15) is 52.4 Å². The molecule has 2 fully saturated rings. The number of para-hydroxylation sites is 1. The van der Waals surface area contributed by atoms with Crippen LogP contribution in [0, 0.1) is 5.92 Å². The van der Waals surface area contributed by atoms with Crippen LogP contribution in [0.2, 0.25) is 0 Å². The predicted molar refractivity (Wildman–Crippen MR) is 113 cm³/mol. The molecule has 0 spiro atoms. The van der Waals surface area contributed by atoms with E-state index >= 15 is 0 Å². The van der Waals surface area contributed by atoms with E-state index < -0.39 is 0 Å². The first-order chi connectivity index (χ1) is 14.2. The summed E-state index contributed by atoms with van der Waals surface area (Å²) in [5, 5.41) is 8.71. The summed E-state index contributed by atoms with van der Waals surface area (Å²) in [6.45, 7) is 4.82. The summed E-state index contributed by atoms with van der Waals surface area (Å²) >= 11 is 1.33. The van der Waals surface area contributed by atoms with E-state index in [1.165, 1.54) is 24.6 Å². The molecule has 1 aromatic heterocycles. The minimum atomic E-state index is 0.200. The molecule has 0 radical (unpaired) electrons. The molecule has 2 saturated carbocycles. The van der Waals surface area contributed by atoms with Crippen molar-refractivity contribution in [3.8, 4) is 17.2 Å². The van der Waals surface area contributed by atoms with Gasteiger partial charge in [-0.25, -0.2) is 0 Å². The van der Waals surface area contributed by atoms with Gasteiger partial charge in [0.1, 0.15) is 5.75 Å². The van der Waals surface area contributed by atoms with Gasteiger partial charge in [0.25, 0.3) is 11.1 Å². The number of carbonyl (C=O) groups is 1. The Hall–Kier alpha value is -2.02. The van der Waals surface area contributed by atoms with E-state index in [-0.39, 0.29) is 5.91 Å². The number of carbonyl (C=O) groups excluding carboxylic acids is 1. The SMILES string of the molecule is CCOc1ccccc1-c1nnc(SCC(=O)N(C2CCC(C)CC2)C2CC2)o1. The average Bonchev–Trinajstić information content (AvgIpc) is 3.45. The normalized spacial score (nSPS) is 21.7. The van der Waals surface area contributed by atoms with Crippen molar-refractivity contribution >= 4 is 17.7 Å². The van der Waals surface area contributed by atoms with Crippen molar-refractivity contribution in [2.45, 2.75) is 69.7 Å². The number of amides is 1. The lowest BCUT2D eigenvalue weighted by molar-refractivity contribution is -0.132. The Morgan fingerprint density at radius 2 is 1.83 bits per heavy atom. The molecule has 2 aliphatic carbocycles. The van der Waals surface area contributed by atoms with Gasteiger partial charge in [0.15, 0.2) is 0 Å². The van der Waals surface area contributed by atoms with Gasteiger partial charge in [-0.3, -0.25) is 4.79 Å². The summed E-state index contributed by atoms with van der Waals surface area (Å²) in [6, 6.07) is 8.46. The van der Waals surface area contributed by atoms with E-state index in [9.17, 15) is 4.79 Å². The molecule has 0 saturated heterocycles. The third-order valence-corrected chi connectivity index (χ3v) is 6.55. The molecule has 2 aliphatic rings. The zero-order valence-corrected chi connectivity index (χ0v) is 18.0. The molecule has 1 aromatic carbocycles. The third kappa shape index (κ3) is 4.94. The zero-order chi connectivity index (χ0) is 20.2. The summed E-state index contributed by atoms with van der Waals surface area (Å²) in [5.41, 5.74) is 0.774. The van der Waals surface area contributed by atoms with Crippen LogP contribution < -0.4 is 4.74 Å². The molecule has 1 heterocycles. The second-order valence-corrected chi connectivity index (χ2v) is 8.96. The van der Waals surface area contributed by atoms with E-state index in [2.05, 4.69) is 22.0 Å². The maximum absolute atomic E-state index is 13.0. The molecule has 2 aromatic rings. The Kier molecular flexibility index (Phi) is 6.43. The van der Waals surface area contributed by atoms with Crippen molar-refractivity contribution in [2.24, 2.45) is 5.92 Å². The van der Waals surface area contributed by atoms with Gasteiger partial charge >= 0.3 is 0 Å². The van der Waals surface area contributed by atoms with E-state index in [1.807, 2.05) is 31.2 Å². The van der Waals surface area contributed by atoms with Crippen LogP contribution >= 0.6 is 11.8 Å². The first kappa shape index (κ1) is 20.3. The molecule has 6 nitrogen and oxygen atoms in total. The molecule has 0 bridgehead atoms. The average molecular weight is 416 g/mol. The fraction of sp³-hybridized carbons (Fsp3) is 0.591. The number of ether oxygens (including phenoxy) is 1. The molecule has 0 N–H and O–H groups in total. The molecule has 1 amide bonds. The van der Waals surface area contributed by atoms with Crippen LogP contribution in [0.5, 0.6) is 5.75 Å². The largest absolute Gasteiger partial charge is 0.493 e. The minimum Gasteiger partial charge on any atom is -0.493 e. The standard InChI is InChI=1S/C22H29N3O3S/c1-3-27-19-7-5-4-6-18(19)21-23-24-22(28-21)29-14-20(26)25(17-12-13-17)16-10-8-15(2)9-11-16/h4-7,15-17H,3,8-14H2,1-2H3. The second-order valence-electron chi connectivity index (χ2n) is 8.04. The highest BCUT2D eigenvalue weighted by Crippen LogP contribution is 2.36. The van der Waals surface area contributed by atoms with Gasteiger partial charge in [-0.1, -0.05) is 30.8 Å². The van der Waals surface area contributed by atoms with Crippen molar-refractivity contribution in [3.63, 3.8) is 0 Å². The Morgan fingerprint density at radius 1 is 1.14 bits per heavy atom. The fourth-order valence-corrected chi connectivity index (χ4v) is 4.71. The lowest BCUT2D eigenvalue weighted by Crippen LogP contribution is -2.44. The van der Waals surface area contributed by atoms with Gasteiger partial charge in [-0.15, -0.1) is 10.2 Å². The van der Waals surface area contributed by atoms with Crippen LogP contribution in [0.15, 0.2) is 33.9 Å². The monoisotopic (exact) mass is 415 g/mol. The van der Waals surface area contributed by atoms with E-state index in [1.54, 1.807) is 0 Å². The molecule has 29 heavy (non-hydrogen) atoms. The summed E-state index contributed by atoms with van der Waals surface area (Å²) in [6.07, 6.45) is 6.99. The molecule has 0 atom stereocenters. The summed E-state index contributed by atoms with van der Waals surface area (Å²) in [5.74, 6) is 2.47. The van der Waals surface area contributed by atoms with Gasteiger partial charge in [0.2, 0.25) is 5.91 Å². The molecule has 0 aliphatic heterocycles. The first-order valence-electron chi connectivity index (χ1n) is 10.7. The summed E-state index contributed by atoms with van der Waals surface area (Å²) < 4.78 is 11.5. The number of benzene rings is 1. The van der Waals surface area contributed by atoms with Crippen molar-refractivity contribution in [1.82, 2.24) is 15.1 Å². The molecular formula is C22H29N3O3S. The lowest BCUT2D eigenvalue weighted by Gasteiger charge is -2.36. The first-order valence-corrected chi connectivity index (χ1v) is 11.6. The third-order valence-electron chi connectivity index (χ3n) is 5.75. The van der Waals surface area contributed by atoms with E-state index in [0.29, 0.717) is 35.6 Å². The number of nitrogens with zero attached hydrogens (tertiary/aromatic N) is 3. The van der Waals surface area contributed by atoms with Crippen LogP contribution in [0.4, 0.5) is 0 Å². The van der Waals surface area contributed by atoms with Crippen molar-refractivity contribution in [3.05, 3.63) is 24.3 Å². The van der Waals surface area contributed by atoms with Crippen molar-refractivity contribution in [2.75, 3.05) is 12.4 Å². The van der Waals surface area contributed by atoms with Gasteiger partial charge < -0.3 is 14.1 Å². The Bertz CT molecular complexity index is 828. The highest BCUT2D eigenvalue weighted by molar-refractivity contribution is 7.99. The number of hydrogen-bond acceptors (Lipinski definition) is 6. The van der Waals surface area contributed by atoms with Crippen LogP contribution in [-0.2, 0) is 4.79 Å². The van der Waals surface area contributed by atoms with E-state index in [0.717, 1.165) is 42.9 Å². The summed E-state index contributed by atoms with van der Waals surface area (Å²) in [4.78, 5) is 15.2. The number of aromatic nitrogens is 2. The lowest BCUT2D eigenvalue weighted by atomic mass is 9.86. The van der Waals surface area contributed by atoms with E-state index in [4.69, 9.17) is 9.15 Å². The predicted octanol–water partition coefficient (Wildman–Crippen LogP) is 4.80. The maximum atomic E-state index is 13.0. The topological polar surface area (TPSA) is 68.5 Å². The molecule has 0 unspecified atom stereocenters. The van der Waals surface area contributed by atoms with Crippen LogP contribution in [-0.4, -0.2) is 45.4 Å². The number of rotatable bonds is 8. The zero-order valence-electron chi connectivity index (χ0n) is 17.2. The van der Waals surface area contributed by atoms with Gasteiger partial charge in [-0.2, -0.15) is 0 Å². The quantitative estimate of drug-likeness (QED) is 0.577. The second kappa shape index (κ2) is 9.20. The molecule has 7 heteroatoms. The Labute approximate surface area is 176 Å². The molecule has 4 rings (SSSR count).